The predicted molar refractivity (Wildman–Crippen MR) is 86.6 cm³/mol. The minimum atomic E-state index is -0.270. The SMILES string of the molecule is COc1ccc(C(=O)N[C@H](C)Cc2ccccc2F)c(OC)c1. The average Bonchev–Trinajstić information content (AvgIpc) is 2.56. The average molecular weight is 317 g/mol. The first-order valence-corrected chi connectivity index (χ1v) is 7.31. The van der Waals surface area contributed by atoms with Gasteiger partial charge in [-0.3, -0.25) is 4.79 Å². The van der Waals surface area contributed by atoms with Gasteiger partial charge in [-0.1, -0.05) is 18.2 Å². The Labute approximate surface area is 135 Å². The molecule has 1 atom stereocenters. The summed E-state index contributed by atoms with van der Waals surface area (Å²) in [6.45, 7) is 1.83. The Balaban J connectivity index is 2.08. The number of carbonyl (C=O) groups excluding carboxylic acids is 1. The molecular formula is C18H20FNO3. The van der Waals surface area contributed by atoms with Crippen molar-refractivity contribution >= 4 is 5.91 Å². The third-order valence-corrected chi connectivity index (χ3v) is 3.51. The van der Waals surface area contributed by atoms with Gasteiger partial charge < -0.3 is 14.8 Å². The summed E-state index contributed by atoms with van der Waals surface area (Å²) < 4.78 is 24.0. The highest BCUT2D eigenvalue weighted by molar-refractivity contribution is 5.97. The van der Waals surface area contributed by atoms with Crippen molar-refractivity contribution in [2.75, 3.05) is 14.2 Å². The van der Waals surface area contributed by atoms with Crippen molar-refractivity contribution in [3.05, 3.63) is 59.4 Å². The van der Waals surface area contributed by atoms with Gasteiger partial charge in [0.05, 0.1) is 19.8 Å². The molecule has 1 N–H and O–H groups in total. The first-order valence-electron chi connectivity index (χ1n) is 7.31. The van der Waals surface area contributed by atoms with E-state index in [0.29, 0.717) is 29.0 Å². The molecule has 2 aromatic carbocycles. The van der Waals surface area contributed by atoms with E-state index in [2.05, 4.69) is 5.32 Å². The number of benzene rings is 2. The third kappa shape index (κ3) is 4.22. The van der Waals surface area contributed by atoms with Gasteiger partial charge in [0, 0.05) is 12.1 Å². The van der Waals surface area contributed by atoms with E-state index in [1.54, 1.807) is 43.5 Å². The van der Waals surface area contributed by atoms with E-state index in [4.69, 9.17) is 9.47 Å². The molecule has 0 fully saturated rings. The van der Waals surface area contributed by atoms with Gasteiger partial charge in [0.2, 0.25) is 0 Å². The number of methoxy groups -OCH3 is 2. The number of amides is 1. The van der Waals surface area contributed by atoms with Crippen LogP contribution in [0.1, 0.15) is 22.8 Å². The molecule has 0 heterocycles. The second kappa shape index (κ2) is 7.63. The molecule has 0 radical (unpaired) electrons. The second-order valence-electron chi connectivity index (χ2n) is 5.24. The van der Waals surface area contributed by atoms with Crippen molar-refractivity contribution in [1.82, 2.24) is 5.32 Å². The minimum Gasteiger partial charge on any atom is -0.497 e. The third-order valence-electron chi connectivity index (χ3n) is 3.51. The summed E-state index contributed by atoms with van der Waals surface area (Å²) in [6.07, 6.45) is 0.414. The van der Waals surface area contributed by atoms with Crippen molar-refractivity contribution in [3.8, 4) is 11.5 Å². The van der Waals surface area contributed by atoms with E-state index in [-0.39, 0.29) is 17.8 Å². The zero-order chi connectivity index (χ0) is 16.8. The fourth-order valence-corrected chi connectivity index (χ4v) is 2.33. The highest BCUT2D eigenvalue weighted by Crippen LogP contribution is 2.24. The normalized spacial score (nSPS) is 11.7. The lowest BCUT2D eigenvalue weighted by atomic mass is 10.1. The molecule has 0 aliphatic rings. The Morgan fingerprint density at radius 1 is 1.17 bits per heavy atom. The van der Waals surface area contributed by atoms with Crippen LogP contribution in [0.25, 0.3) is 0 Å². The van der Waals surface area contributed by atoms with Crippen LogP contribution in [0.4, 0.5) is 4.39 Å². The number of carbonyl (C=O) groups is 1. The summed E-state index contributed by atoms with van der Waals surface area (Å²) in [7, 11) is 3.04. The Kier molecular flexibility index (Phi) is 5.57. The van der Waals surface area contributed by atoms with Crippen LogP contribution in [0.2, 0.25) is 0 Å². The molecule has 0 saturated heterocycles. The van der Waals surface area contributed by atoms with E-state index < -0.39 is 0 Å². The first kappa shape index (κ1) is 16.8. The standard InChI is InChI=1S/C18H20FNO3/c1-12(10-13-6-4-5-7-16(13)19)20-18(21)15-9-8-14(22-2)11-17(15)23-3/h4-9,11-12H,10H2,1-3H3,(H,20,21)/t12-/m1/s1. The zero-order valence-electron chi connectivity index (χ0n) is 13.4. The van der Waals surface area contributed by atoms with Crippen LogP contribution < -0.4 is 14.8 Å². The monoisotopic (exact) mass is 317 g/mol. The molecule has 0 unspecified atom stereocenters. The van der Waals surface area contributed by atoms with Crippen LogP contribution >= 0.6 is 0 Å². The smallest absolute Gasteiger partial charge is 0.255 e. The molecule has 2 rings (SSSR count). The van der Waals surface area contributed by atoms with Crippen molar-refractivity contribution in [1.29, 1.82) is 0 Å². The fraction of sp³-hybridized carbons (Fsp3) is 0.278. The first-order chi connectivity index (χ1) is 11.0. The molecule has 4 nitrogen and oxygen atoms in total. The van der Waals surface area contributed by atoms with Gasteiger partial charge in [-0.05, 0) is 37.1 Å². The lowest BCUT2D eigenvalue weighted by Crippen LogP contribution is -2.34. The molecular weight excluding hydrogens is 297 g/mol. The summed E-state index contributed by atoms with van der Waals surface area (Å²) in [5, 5.41) is 2.86. The largest absolute Gasteiger partial charge is 0.497 e. The molecule has 0 aliphatic carbocycles. The van der Waals surface area contributed by atoms with E-state index in [1.165, 1.54) is 13.2 Å². The van der Waals surface area contributed by atoms with Gasteiger partial charge in [0.25, 0.3) is 5.91 Å². The van der Waals surface area contributed by atoms with Crippen LogP contribution in [0.3, 0.4) is 0 Å². The maximum Gasteiger partial charge on any atom is 0.255 e. The van der Waals surface area contributed by atoms with E-state index >= 15 is 0 Å². The maximum atomic E-state index is 13.7. The van der Waals surface area contributed by atoms with Gasteiger partial charge in [0.15, 0.2) is 0 Å². The molecule has 0 aliphatic heterocycles. The van der Waals surface area contributed by atoms with Gasteiger partial charge in [-0.25, -0.2) is 4.39 Å². The number of hydrogen-bond donors (Lipinski definition) is 1. The van der Waals surface area contributed by atoms with Crippen LogP contribution in [-0.2, 0) is 6.42 Å². The summed E-state index contributed by atoms with van der Waals surface area (Å²) in [4.78, 5) is 12.4. The van der Waals surface area contributed by atoms with Crippen LogP contribution in [-0.4, -0.2) is 26.2 Å². The minimum absolute atomic E-state index is 0.216. The lowest BCUT2D eigenvalue weighted by Gasteiger charge is -2.16. The molecule has 122 valence electrons. The number of halogens is 1. The molecule has 23 heavy (non-hydrogen) atoms. The van der Waals surface area contributed by atoms with E-state index in [1.807, 2.05) is 6.92 Å². The summed E-state index contributed by atoms with van der Waals surface area (Å²) >= 11 is 0. The maximum absolute atomic E-state index is 13.7. The molecule has 0 spiro atoms. The molecule has 5 heteroatoms. The molecule has 1 amide bonds. The number of hydrogen-bond acceptors (Lipinski definition) is 3. The van der Waals surface area contributed by atoms with Crippen LogP contribution in [0.15, 0.2) is 42.5 Å². The van der Waals surface area contributed by atoms with E-state index in [0.717, 1.165) is 0 Å². The highest BCUT2D eigenvalue weighted by Gasteiger charge is 2.16. The highest BCUT2D eigenvalue weighted by atomic mass is 19.1. The number of ether oxygens (including phenoxy) is 2. The van der Waals surface area contributed by atoms with Crippen molar-refractivity contribution in [2.24, 2.45) is 0 Å². The summed E-state index contributed by atoms with van der Waals surface area (Å²) in [5.74, 6) is 0.502. The van der Waals surface area contributed by atoms with Gasteiger partial charge >= 0.3 is 0 Å². The molecule has 2 aromatic rings. The quantitative estimate of drug-likeness (QED) is 0.890. The van der Waals surface area contributed by atoms with Gasteiger partial charge in [-0.2, -0.15) is 0 Å². The van der Waals surface area contributed by atoms with E-state index in [9.17, 15) is 9.18 Å². The topological polar surface area (TPSA) is 47.6 Å². The van der Waals surface area contributed by atoms with Crippen molar-refractivity contribution in [3.63, 3.8) is 0 Å². The van der Waals surface area contributed by atoms with Gasteiger partial charge in [-0.15, -0.1) is 0 Å². The molecule has 0 bridgehead atoms. The molecule has 0 aromatic heterocycles. The number of nitrogens with one attached hydrogen (secondary N) is 1. The Morgan fingerprint density at radius 2 is 1.91 bits per heavy atom. The van der Waals surface area contributed by atoms with Crippen molar-refractivity contribution < 1.29 is 18.7 Å². The lowest BCUT2D eigenvalue weighted by molar-refractivity contribution is 0.0937. The Morgan fingerprint density at radius 3 is 2.57 bits per heavy atom. The second-order valence-corrected chi connectivity index (χ2v) is 5.24. The number of rotatable bonds is 6. The Bertz CT molecular complexity index is 688. The molecule has 0 saturated carbocycles. The predicted octanol–water partition coefficient (Wildman–Crippen LogP) is 3.20. The Hall–Kier alpha value is -2.56. The zero-order valence-corrected chi connectivity index (χ0v) is 13.4. The van der Waals surface area contributed by atoms with Crippen molar-refractivity contribution in [2.45, 2.75) is 19.4 Å². The fourth-order valence-electron chi connectivity index (χ4n) is 2.33. The van der Waals surface area contributed by atoms with Crippen LogP contribution in [0.5, 0.6) is 11.5 Å². The summed E-state index contributed by atoms with van der Waals surface area (Å²) in [6, 6.07) is 11.3. The van der Waals surface area contributed by atoms with Gasteiger partial charge in [0.1, 0.15) is 17.3 Å². The summed E-state index contributed by atoms with van der Waals surface area (Å²) in [5.41, 5.74) is 0.982. The van der Waals surface area contributed by atoms with Crippen LogP contribution in [0, 0.1) is 5.82 Å².